The van der Waals surface area contributed by atoms with Gasteiger partial charge in [-0.1, -0.05) is 11.6 Å². The van der Waals surface area contributed by atoms with Crippen LogP contribution in [0.1, 0.15) is 16.2 Å². The second-order valence-corrected chi connectivity index (χ2v) is 4.70. The van der Waals surface area contributed by atoms with Crippen LogP contribution in [0.4, 0.5) is 17.3 Å². The van der Waals surface area contributed by atoms with E-state index in [9.17, 15) is 4.79 Å². The number of carbonyl (C=O) groups is 1. The molecule has 4 N–H and O–H groups in total. The second-order valence-electron chi connectivity index (χ2n) is 4.34. The van der Waals surface area contributed by atoms with Crippen molar-refractivity contribution >= 4 is 34.8 Å². The smallest absolute Gasteiger partial charge is 0.271 e. The van der Waals surface area contributed by atoms with Crippen molar-refractivity contribution in [2.24, 2.45) is 5.73 Å². The molecule has 116 valence electrons. The van der Waals surface area contributed by atoms with Gasteiger partial charge in [0.05, 0.1) is 7.11 Å². The summed E-state index contributed by atoms with van der Waals surface area (Å²) in [7, 11) is 3.16. The van der Waals surface area contributed by atoms with Gasteiger partial charge in [0, 0.05) is 24.5 Å². The van der Waals surface area contributed by atoms with E-state index in [1.807, 2.05) is 6.92 Å². The van der Waals surface area contributed by atoms with Gasteiger partial charge < -0.3 is 21.1 Å². The van der Waals surface area contributed by atoms with Crippen LogP contribution in [0.25, 0.3) is 0 Å². The fourth-order valence-electron chi connectivity index (χ4n) is 1.78. The Kier molecular flexibility index (Phi) is 4.62. The number of nitrogens with zero attached hydrogens (tertiary/aromatic N) is 3. The minimum atomic E-state index is -0.739. The Balaban J connectivity index is 2.48. The largest absolute Gasteiger partial charge is 0.481 e. The maximum Gasteiger partial charge on any atom is 0.271 e. The Morgan fingerprint density at radius 3 is 2.59 bits per heavy atom. The Morgan fingerprint density at radius 2 is 2.00 bits per heavy atom. The van der Waals surface area contributed by atoms with Gasteiger partial charge in [-0.15, -0.1) is 0 Å². The van der Waals surface area contributed by atoms with Crippen molar-refractivity contribution in [1.82, 2.24) is 15.0 Å². The number of hydrogen-bond acceptors (Lipinski definition) is 7. The molecule has 0 spiro atoms. The molecule has 0 aliphatic carbocycles. The predicted molar refractivity (Wildman–Crippen MR) is 83.9 cm³/mol. The minimum absolute atomic E-state index is 0.0579. The van der Waals surface area contributed by atoms with E-state index >= 15 is 0 Å². The van der Waals surface area contributed by atoms with Gasteiger partial charge in [0.15, 0.2) is 22.5 Å². The standard InChI is InChI=1S/C13H15ClN6O2/c1-6-4-7(5-8(17-6)22-3)18-12-9(11(15)21)19-10(14)13(16-2)20-12/h4-5H,1-3H3,(H2,15,21)(H2,16,17,18,20). The summed E-state index contributed by atoms with van der Waals surface area (Å²) in [5, 5.41) is 5.83. The summed E-state index contributed by atoms with van der Waals surface area (Å²) < 4.78 is 5.10. The number of methoxy groups -OCH3 is 1. The number of rotatable bonds is 5. The molecule has 0 saturated heterocycles. The maximum atomic E-state index is 11.5. The first kappa shape index (κ1) is 15.8. The topological polar surface area (TPSA) is 115 Å². The highest BCUT2D eigenvalue weighted by Crippen LogP contribution is 2.26. The van der Waals surface area contributed by atoms with E-state index in [0.29, 0.717) is 17.4 Å². The fourth-order valence-corrected chi connectivity index (χ4v) is 2.01. The van der Waals surface area contributed by atoms with Crippen LogP contribution in [-0.4, -0.2) is 35.0 Å². The average Bonchev–Trinajstić information content (AvgIpc) is 2.47. The Morgan fingerprint density at radius 1 is 1.27 bits per heavy atom. The molecule has 22 heavy (non-hydrogen) atoms. The molecule has 0 bridgehead atoms. The summed E-state index contributed by atoms with van der Waals surface area (Å²) >= 11 is 5.92. The lowest BCUT2D eigenvalue weighted by atomic mass is 10.3. The molecule has 8 nitrogen and oxygen atoms in total. The molecule has 0 aliphatic rings. The van der Waals surface area contributed by atoms with Crippen molar-refractivity contribution in [2.45, 2.75) is 6.92 Å². The Hall–Kier alpha value is -2.61. The van der Waals surface area contributed by atoms with E-state index in [4.69, 9.17) is 22.1 Å². The lowest BCUT2D eigenvalue weighted by Gasteiger charge is -2.12. The molecule has 2 heterocycles. The molecule has 0 fully saturated rings. The van der Waals surface area contributed by atoms with E-state index in [2.05, 4.69) is 25.6 Å². The molecule has 0 aromatic carbocycles. The van der Waals surface area contributed by atoms with E-state index in [1.165, 1.54) is 7.11 Å². The fraction of sp³-hybridized carbons (Fsp3) is 0.231. The number of carbonyl (C=O) groups excluding carboxylic acids is 1. The SMILES string of the molecule is CNc1nc(Nc2cc(C)nc(OC)c2)c(C(N)=O)nc1Cl. The van der Waals surface area contributed by atoms with Crippen LogP contribution in [0, 0.1) is 6.92 Å². The van der Waals surface area contributed by atoms with E-state index < -0.39 is 5.91 Å². The zero-order chi connectivity index (χ0) is 16.3. The number of nitrogens with one attached hydrogen (secondary N) is 2. The third kappa shape index (κ3) is 3.34. The number of nitrogens with two attached hydrogens (primary N) is 1. The normalized spacial score (nSPS) is 10.2. The monoisotopic (exact) mass is 322 g/mol. The van der Waals surface area contributed by atoms with Crippen LogP contribution >= 0.6 is 11.6 Å². The maximum absolute atomic E-state index is 11.5. The van der Waals surface area contributed by atoms with Crippen LogP contribution in [0.3, 0.4) is 0 Å². The number of ether oxygens (including phenoxy) is 1. The van der Waals surface area contributed by atoms with Crippen LogP contribution in [0.5, 0.6) is 5.88 Å². The van der Waals surface area contributed by atoms with Gasteiger partial charge in [-0.05, 0) is 13.0 Å². The third-order valence-corrected chi connectivity index (χ3v) is 2.99. The minimum Gasteiger partial charge on any atom is -0.481 e. The molecule has 0 aliphatic heterocycles. The highest BCUT2D eigenvalue weighted by Gasteiger charge is 2.16. The van der Waals surface area contributed by atoms with Gasteiger partial charge in [0.1, 0.15) is 0 Å². The first-order valence-corrected chi connectivity index (χ1v) is 6.67. The first-order chi connectivity index (χ1) is 10.4. The van der Waals surface area contributed by atoms with Gasteiger partial charge in [0.2, 0.25) is 5.88 Å². The Bertz CT molecular complexity index is 722. The van der Waals surface area contributed by atoms with Gasteiger partial charge in [-0.2, -0.15) is 0 Å². The summed E-state index contributed by atoms with van der Waals surface area (Å²) in [6.07, 6.45) is 0. The highest BCUT2D eigenvalue weighted by molar-refractivity contribution is 6.32. The van der Waals surface area contributed by atoms with Crippen LogP contribution in [-0.2, 0) is 0 Å². The quantitative estimate of drug-likeness (QED) is 0.767. The average molecular weight is 323 g/mol. The van der Waals surface area contributed by atoms with Crippen molar-refractivity contribution in [3.63, 3.8) is 0 Å². The van der Waals surface area contributed by atoms with E-state index in [-0.39, 0.29) is 16.7 Å². The van der Waals surface area contributed by atoms with Crippen molar-refractivity contribution in [1.29, 1.82) is 0 Å². The summed E-state index contributed by atoms with van der Waals surface area (Å²) in [6, 6.07) is 3.43. The van der Waals surface area contributed by atoms with E-state index in [0.717, 1.165) is 5.69 Å². The molecule has 2 aromatic rings. The Labute approximate surface area is 132 Å². The molecule has 9 heteroatoms. The van der Waals surface area contributed by atoms with Gasteiger partial charge >= 0.3 is 0 Å². The number of amides is 1. The first-order valence-electron chi connectivity index (χ1n) is 6.29. The summed E-state index contributed by atoms with van der Waals surface area (Å²) in [4.78, 5) is 23.9. The molecule has 2 aromatic heterocycles. The molecule has 0 unspecified atom stereocenters. The van der Waals surface area contributed by atoms with Crippen molar-refractivity contribution < 1.29 is 9.53 Å². The van der Waals surface area contributed by atoms with Crippen molar-refractivity contribution in [3.8, 4) is 5.88 Å². The van der Waals surface area contributed by atoms with Crippen LogP contribution in [0.2, 0.25) is 5.15 Å². The summed E-state index contributed by atoms with van der Waals surface area (Å²) in [5.74, 6) is 0.206. The molecule has 1 amide bonds. The number of primary amides is 1. The van der Waals surface area contributed by atoms with Crippen molar-refractivity contribution in [2.75, 3.05) is 24.8 Å². The predicted octanol–water partition coefficient (Wildman–Crippen LogP) is 1.73. The third-order valence-electron chi connectivity index (χ3n) is 2.73. The van der Waals surface area contributed by atoms with E-state index in [1.54, 1.807) is 19.2 Å². The van der Waals surface area contributed by atoms with Crippen LogP contribution in [0.15, 0.2) is 12.1 Å². The highest BCUT2D eigenvalue weighted by atomic mass is 35.5. The second kappa shape index (κ2) is 6.44. The molecular formula is C13H15ClN6O2. The number of pyridine rings is 1. The van der Waals surface area contributed by atoms with Gasteiger partial charge in [-0.25, -0.2) is 15.0 Å². The van der Waals surface area contributed by atoms with Crippen LogP contribution < -0.4 is 21.1 Å². The molecular weight excluding hydrogens is 308 g/mol. The summed E-state index contributed by atoms with van der Waals surface area (Å²) in [5.41, 5.74) is 6.62. The number of anilines is 3. The van der Waals surface area contributed by atoms with Gasteiger partial charge in [-0.3, -0.25) is 4.79 Å². The van der Waals surface area contributed by atoms with Crippen molar-refractivity contribution in [3.05, 3.63) is 28.7 Å². The number of halogens is 1. The lowest BCUT2D eigenvalue weighted by Crippen LogP contribution is -2.17. The zero-order valence-electron chi connectivity index (χ0n) is 12.3. The zero-order valence-corrected chi connectivity index (χ0v) is 13.0. The molecule has 2 rings (SSSR count). The number of hydrogen-bond donors (Lipinski definition) is 3. The number of aromatic nitrogens is 3. The molecule has 0 radical (unpaired) electrons. The van der Waals surface area contributed by atoms with Gasteiger partial charge in [0.25, 0.3) is 5.91 Å². The lowest BCUT2D eigenvalue weighted by molar-refractivity contribution is 0.0996. The number of aryl methyl sites for hydroxylation is 1. The summed E-state index contributed by atoms with van der Waals surface area (Å²) in [6.45, 7) is 1.81. The molecule has 0 atom stereocenters. The molecule has 0 saturated carbocycles.